The van der Waals surface area contributed by atoms with Gasteiger partial charge in [0.25, 0.3) is 0 Å². The van der Waals surface area contributed by atoms with Crippen molar-refractivity contribution < 1.29 is 4.39 Å². The number of hydrogen-bond acceptors (Lipinski definition) is 3. The highest BCUT2D eigenvalue weighted by molar-refractivity contribution is 7.16. The predicted molar refractivity (Wildman–Crippen MR) is 70.7 cm³/mol. The minimum Gasteiger partial charge on any atom is -0.389 e. The van der Waals surface area contributed by atoms with Crippen LogP contribution in [0.15, 0.2) is 18.2 Å². The summed E-state index contributed by atoms with van der Waals surface area (Å²) in [6.45, 7) is 3.85. The molecule has 0 aliphatic carbocycles. The van der Waals surface area contributed by atoms with Crippen molar-refractivity contribution >= 4 is 16.3 Å². The molecule has 0 saturated carbocycles. The van der Waals surface area contributed by atoms with E-state index in [0.29, 0.717) is 10.6 Å². The van der Waals surface area contributed by atoms with Crippen LogP contribution in [0.1, 0.15) is 23.9 Å². The van der Waals surface area contributed by atoms with E-state index in [-0.39, 0.29) is 5.82 Å². The van der Waals surface area contributed by atoms with Crippen molar-refractivity contribution in [3.63, 3.8) is 0 Å². The van der Waals surface area contributed by atoms with Crippen molar-refractivity contribution in [3.8, 4) is 11.3 Å². The van der Waals surface area contributed by atoms with Crippen LogP contribution in [0.2, 0.25) is 0 Å². The molecule has 0 aliphatic rings. The second kappa shape index (κ2) is 4.84. The fourth-order valence-corrected chi connectivity index (χ4v) is 2.65. The summed E-state index contributed by atoms with van der Waals surface area (Å²) in [4.78, 5) is 4.51. The van der Waals surface area contributed by atoms with Gasteiger partial charge in [-0.15, -0.1) is 11.3 Å². The van der Waals surface area contributed by atoms with Gasteiger partial charge in [-0.05, 0) is 43.5 Å². The van der Waals surface area contributed by atoms with E-state index in [1.807, 2.05) is 0 Å². The number of nitrogen functional groups attached to an aromatic ring is 1. The highest BCUT2D eigenvalue weighted by Crippen LogP contribution is 2.31. The molecule has 4 heteroatoms. The van der Waals surface area contributed by atoms with Crippen molar-refractivity contribution in [1.82, 2.24) is 4.98 Å². The molecule has 0 unspecified atom stereocenters. The number of hydrogen-bond donors (Lipinski definition) is 1. The summed E-state index contributed by atoms with van der Waals surface area (Å²) in [6.07, 6.45) is 1.99. The molecule has 1 heterocycles. The molecule has 1 aromatic heterocycles. The highest BCUT2D eigenvalue weighted by Gasteiger charge is 2.11. The molecule has 2 nitrogen and oxygen atoms in total. The zero-order chi connectivity index (χ0) is 12.4. The third-order valence-electron chi connectivity index (χ3n) is 2.59. The number of aryl methyl sites for hydroxylation is 2. The van der Waals surface area contributed by atoms with E-state index >= 15 is 0 Å². The molecule has 1 aromatic carbocycles. The van der Waals surface area contributed by atoms with Gasteiger partial charge in [-0.1, -0.05) is 6.92 Å². The van der Waals surface area contributed by atoms with Gasteiger partial charge >= 0.3 is 0 Å². The maximum atomic E-state index is 13.2. The third kappa shape index (κ3) is 2.47. The zero-order valence-electron chi connectivity index (χ0n) is 9.96. The van der Waals surface area contributed by atoms with E-state index < -0.39 is 0 Å². The molecule has 0 spiro atoms. The van der Waals surface area contributed by atoms with Crippen LogP contribution in [0.25, 0.3) is 11.3 Å². The smallest absolute Gasteiger partial charge is 0.126 e. The summed E-state index contributed by atoms with van der Waals surface area (Å²) in [7, 11) is 0. The Morgan fingerprint density at radius 3 is 2.82 bits per heavy atom. The Kier molecular flexibility index (Phi) is 3.43. The lowest BCUT2D eigenvalue weighted by molar-refractivity contribution is 0.619. The van der Waals surface area contributed by atoms with Crippen LogP contribution in [0.3, 0.4) is 0 Å². The fraction of sp³-hybridized carbons (Fsp3) is 0.308. The van der Waals surface area contributed by atoms with Gasteiger partial charge in [0.1, 0.15) is 16.5 Å². The molecule has 0 fully saturated rings. The molecule has 90 valence electrons. The molecular weight excluding hydrogens is 235 g/mol. The minimum atomic E-state index is -0.198. The van der Waals surface area contributed by atoms with Crippen LogP contribution in [-0.2, 0) is 6.42 Å². The Bertz CT molecular complexity index is 534. The summed E-state index contributed by atoms with van der Waals surface area (Å²) >= 11 is 1.52. The lowest BCUT2D eigenvalue weighted by Gasteiger charge is -2.01. The van der Waals surface area contributed by atoms with Crippen LogP contribution < -0.4 is 5.73 Å². The van der Waals surface area contributed by atoms with E-state index in [4.69, 9.17) is 5.73 Å². The number of thiazole rings is 1. The van der Waals surface area contributed by atoms with Crippen LogP contribution in [0, 0.1) is 12.7 Å². The summed E-state index contributed by atoms with van der Waals surface area (Å²) in [6, 6.07) is 4.98. The van der Waals surface area contributed by atoms with E-state index in [1.165, 1.54) is 17.4 Å². The first-order valence-electron chi connectivity index (χ1n) is 5.63. The summed E-state index contributed by atoms with van der Waals surface area (Å²) in [5.41, 5.74) is 8.24. The normalized spacial score (nSPS) is 10.8. The number of aromatic nitrogens is 1. The van der Waals surface area contributed by atoms with Crippen LogP contribution in [0.5, 0.6) is 0 Å². The molecule has 0 aliphatic heterocycles. The molecule has 0 saturated heterocycles. The average molecular weight is 250 g/mol. The van der Waals surface area contributed by atoms with Crippen molar-refractivity contribution in [2.24, 2.45) is 0 Å². The second-order valence-electron chi connectivity index (χ2n) is 4.03. The average Bonchev–Trinajstić information content (AvgIpc) is 2.64. The van der Waals surface area contributed by atoms with Crippen molar-refractivity contribution in [2.45, 2.75) is 26.7 Å². The fourth-order valence-electron chi connectivity index (χ4n) is 1.70. The topological polar surface area (TPSA) is 38.9 Å². The molecule has 0 atom stereocenters. The van der Waals surface area contributed by atoms with Crippen LogP contribution >= 0.6 is 11.3 Å². The number of rotatable bonds is 3. The molecular formula is C13H15FN2S. The molecule has 0 bridgehead atoms. The number of nitrogens with two attached hydrogens (primary N) is 1. The number of benzene rings is 1. The standard InChI is InChI=1S/C13H15FN2S/c1-3-4-11-16-12(13(15)17-11)9-5-6-10(14)8(2)7-9/h5-7H,3-4,15H2,1-2H3. The van der Waals surface area contributed by atoms with Crippen LogP contribution in [0.4, 0.5) is 9.39 Å². The molecule has 17 heavy (non-hydrogen) atoms. The van der Waals surface area contributed by atoms with Crippen molar-refractivity contribution in [3.05, 3.63) is 34.6 Å². The van der Waals surface area contributed by atoms with Crippen molar-refractivity contribution in [1.29, 1.82) is 0 Å². The first-order chi connectivity index (χ1) is 8.11. The number of nitrogens with zero attached hydrogens (tertiary/aromatic N) is 1. The largest absolute Gasteiger partial charge is 0.389 e. The molecule has 2 rings (SSSR count). The van der Waals surface area contributed by atoms with E-state index in [1.54, 1.807) is 19.1 Å². The number of halogens is 1. The Morgan fingerprint density at radius 1 is 1.41 bits per heavy atom. The summed E-state index contributed by atoms with van der Waals surface area (Å²) in [5.74, 6) is -0.198. The van der Waals surface area contributed by atoms with E-state index in [2.05, 4.69) is 11.9 Å². The molecule has 0 amide bonds. The first kappa shape index (κ1) is 12.0. The minimum absolute atomic E-state index is 0.198. The molecule has 2 aromatic rings. The van der Waals surface area contributed by atoms with Gasteiger partial charge in [-0.25, -0.2) is 9.37 Å². The SMILES string of the molecule is CCCc1nc(-c2ccc(F)c(C)c2)c(N)s1. The van der Waals surface area contributed by atoms with Crippen LogP contribution in [-0.4, -0.2) is 4.98 Å². The van der Waals surface area contributed by atoms with Crippen molar-refractivity contribution in [2.75, 3.05) is 5.73 Å². The Balaban J connectivity index is 2.41. The van der Waals surface area contributed by atoms with Gasteiger partial charge in [0.05, 0.1) is 5.01 Å². The predicted octanol–water partition coefficient (Wildman–Crippen LogP) is 3.79. The quantitative estimate of drug-likeness (QED) is 0.900. The Labute approximate surface area is 104 Å². The maximum Gasteiger partial charge on any atom is 0.126 e. The van der Waals surface area contributed by atoms with Gasteiger partial charge < -0.3 is 5.73 Å². The Hall–Kier alpha value is -1.42. The van der Waals surface area contributed by atoms with Gasteiger partial charge in [-0.2, -0.15) is 0 Å². The lowest BCUT2D eigenvalue weighted by Crippen LogP contribution is -1.89. The van der Waals surface area contributed by atoms with Gasteiger partial charge in [0.2, 0.25) is 0 Å². The zero-order valence-corrected chi connectivity index (χ0v) is 10.8. The maximum absolute atomic E-state index is 13.2. The van der Waals surface area contributed by atoms with E-state index in [9.17, 15) is 4.39 Å². The first-order valence-corrected chi connectivity index (χ1v) is 6.45. The summed E-state index contributed by atoms with van der Waals surface area (Å²) < 4.78 is 13.2. The van der Waals surface area contributed by atoms with Gasteiger partial charge in [0, 0.05) is 5.56 Å². The number of anilines is 1. The monoisotopic (exact) mass is 250 g/mol. The Morgan fingerprint density at radius 2 is 2.18 bits per heavy atom. The molecule has 0 radical (unpaired) electrons. The second-order valence-corrected chi connectivity index (χ2v) is 5.15. The van der Waals surface area contributed by atoms with Gasteiger partial charge in [0.15, 0.2) is 0 Å². The van der Waals surface area contributed by atoms with E-state index in [0.717, 1.165) is 29.1 Å². The third-order valence-corrected chi connectivity index (χ3v) is 3.54. The highest BCUT2D eigenvalue weighted by atomic mass is 32.1. The molecule has 2 N–H and O–H groups in total. The van der Waals surface area contributed by atoms with Gasteiger partial charge in [-0.3, -0.25) is 0 Å². The lowest BCUT2D eigenvalue weighted by atomic mass is 10.1. The summed E-state index contributed by atoms with van der Waals surface area (Å²) in [5, 5.41) is 1.75.